The molecule has 0 saturated carbocycles. The van der Waals surface area contributed by atoms with Crippen LogP contribution < -0.4 is 9.58 Å². The normalized spacial score (nSPS) is 11.5. The molecule has 12 aromatic rings. The first-order valence-corrected chi connectivity index (χ1v) is 38.6. The van der Waals surface area contributed by atoms with Gasteiger partial charge in [0.15, 0.2) is 0 Å². The molecule has 83 heavy (non-hydrogen) atoms. The van der Waals surface area contributed by atoms with Crippen LogP contribution in [0.15, 0.2) is 199 Å². The summed E-state index contributed by atoms with van der Waals surface area (Å²) < 4.78 is 36.0. The standard InChI is InChI=1S/C44H34N3O.C14H15FGeN.C14H15FNSi.Ir/c1-27(2)37-23-33(30-13-6-5-7-14-30)24-38(28(3)4)42(37)47-40-19-9-8-18-39(40)46-44(47)36-17-11-16-35-34-21-20-32(25-41(34)48-43(35)36)31-15-10-12-29(22-31)26-45;1-16(2,3)13-8-9-14(17-10-13)11-4-6-12(15)7-5-11;1-17(2,3)13-8-9-14(16-10-13)11-4-6-12(15)7-5-11;/h5-16,18-25,27-28H,1-4H3;2*4,6-10H,1-3H3;/q3*-1;+3. The molecule has 8 aromatic carbocycles. The second kappa shape index (κ2) is 25.3. The van der Waals surface area contributed by atoms with Crippen LogP contribution >= 0.6 is 0 Å². The van der Waals surface area contributed by atoms with Gasteiger partial charge in [0, 0.05) is 23.1 Å². The van der Waals surface area contributed by atoms with Crippen LogP contribution in [0.3, 0.4) is 0 Å². The van der Waals surface area contributed by atoms with Gasteiger partial charge in [-0.3, -0.25) is 9.37 Å². The Hall–Kier alpha value is -7.91. The van der Waals surface area contributed by atoms with E-state index in [0.29, 0.717) is 5.56 Å². The van der Waals surface area contributed by atoms with E-state index in [-0.39, 0.29) is 43.6 Å². The minimum atomic E-state index is -1.79. The van der Waals surface area contributed by atoms with E-state index in [1.54, 1.807) is 12.1 Å². The Bertz CT molecular complexity index is 4130. The van der Waals surface area contributed by atoms with Crippen molar-refractivity contribution in [2.75, 3.05) is 0 Å². The molecule has 0 radical (unpaired) electrons. The van der Waals surface area contributed by atoms with Gasteiger partial charge >= 0.3 is 124 Å². The maximum Gasteiger partial charge on any atom is 3.00 e. The van der Waals surface area contributed by atoms with Crippen molar-refractivity contribution in [3.8, 4) is 67.9 Å². The summed E-state index contributed by atoms with van der Waals surface area (Å²) in [5.41, 5.74) is 16.4. The van der Waals surface area contributed by atoms with Gasteiger partial charge in [0.25, 0.3) is 0 Å². The molecule has 12 rings (SSSR count). The average Bonchev–Trinajstić information content (AvgIpc) is 2.44. The third-order valence-corrected chi connectivity index (χ3v) is 20.9. The van der Waals surface area contributed by atoms with E-state index in [1.165, 1.54) is 61.8 Å². The fraction of sp³-hybridized carbons (Fsp3) is 0.167. The summed E-state index contributed by atoms with van der Waals surface area (Å²) in [5, 5.41) is 12.8. The molecule has 0 saturated heterocycles. The largest absolute Gasteiger partial charge is 3.00 e. The molecule has 11 heteroatoms. The molecule has 0 fully saturated rings. The third kappa shape index (κ3) is 13.3. The second-order valence-electron chi connectivity index (χ2n) is 23.2. The molecule has 4 aromatic heterocycles. The molecule has 0 unspecified atom stereocenters. The van der Waals surface area contributed by atoms with Crippen molar-refractivity contribution in [1.82, 2.24) is 19.5 Å². The van der Waals surface area contributed by atoms with E-state index in [2.05, 4.69) is 200 Å². The maximum atomic E-state index is 12.8. The molecule has 0 N–H and O–H groups in total. The number of rotatable bonds is 10. The van der Waals surface area contributed by atoms with Crippen molar-refractivity contribution < 1.29 is 33.3 Å². The van der Waals surface area contributed by atoms with Crippen molar-refractivity contribution in [2.45, 2.75) is 76.4 Å². The number of hydrogen-bond acceptors (Lipinski definition) is 5. The predicted molar refractivity (Wildman–Crippen MR) is 339 cm³/mol. The number of pyridine rings is 2. The number of para-hydroxylation sites is 2. The van der Waals surface area contributed by atoms with Gasteiger partial charge in [-0.05, 0) is 98.6 Å². The van der Waals surface area contributed by atoms with E-state index in [0.717, 1.165) is 78.0 Å². The molecule has 0 aliphatic carbocycles. The molecule has 414 valence electrons. The first-order chi connectivity index (χ1) is 39.3. The fourth-order valence-corrected chi connectivity index (χ4v) is 13.2. The molecule has 0 aliphatic rings. The molecule has 0 atom stereocenters. The number of aromatic nitrogens is 4. The smallest absolute Gasteiger partial charge is 3.00 e. The second-order valence-corrected chi connectivity index (χ2v) is 39.0. The maximum absolute atomic E-state index is 12.8. The zero-order valence-electron chi connectivity index (χ0n) is 48.4. The third-order valence-electron chi connectivity index (χ3n) is 14.6. The van der Waals surface area contributed by atoms with Crippen LogP contribution in [0.4, 0.5) is 8.78 Å². The summed E-state index contributed by atoms with van der Waals surface area (Å²) in [6.45, 7) is 15.9. The number of imidazole rings is 1. The van der Waals surface area contributed by atoms with Gasteiger partial charge in [-0.15, -0.1) is 48.0 Å². The van der Waals surface area contributed by atoms with Gasteiger partial charge in [0.2, 0.25) is 0 Å². The van der Waals surface area contributed by atoms with Crippen LogP contribution in [0.25, 0.3) is 94.8 Å². The van der Waals surface area contributed by atoms with Gasteiger partial charge in [-0.25, -0.2) is 0 Å². The topological polar surface area (TPSA) is 80.5 Å². The molecule has 6 nitrogen and oxygen atoms in total. The van der Waals surface area contributed by atoms with Crippen molar-refractivity contribution >= 4 is 63.9 Å². The summed E-state index contributed by atoms with van der Waals surface area (Å²) in [5.74, 6) is 7.79. The van der Waals surface area contributed by atoms with E-state index in [9.17, 15) is 14.0 Å². The molecule has 0 amide bonds. The monoisotopic (exact) mass is 1350 g/mol. The first-order valence-electron chi connectivity index (χ1n) is 27.7. The van der Waals surface area contributed by atoms with Crippen molar-refractivity contribution in [3.05, 3.63) is 241 Å². The number of benzene rings is 8. The number of fused-ring (bicyclic) bond motifs is 4. The Morgan fingerprint density at radius 2 is 1.22 bits per heavy atom. The zero-order valence-corrected chi connectivity index (χ0v) is 53.9. The molecule has 0 bridgehead atoms. The van der Waals surface area contributed by atoms with E-state index in [1.807, 2.05) is 60.9 Å². The number of nitriles is 1. The Morgan fingerprint density at radius 3 is 1.78 bits per heavy atom. The number of halogens is 2. The van der Waals surface area contributed by atoms with Gasteiger partial charge in [-0.1, -0.05) is 137 Å². The minimum Gasteiger partial charge on any atom is 3.00 e. The zero-order chi connectivity index (χ0) is 57.9. The van der Waals surface area contributed by atoms with E-state index >= 15 is 0 Å². The Kier molecular flexibility index (Phi) is 18.2. The van der Waals surface area contributed by atoms with Crippen LogP contribution in [0.5, 0.6) is 0 Å². The van der Waals surface area contributed by atoms with Crippen LogP contribution in [-0.2, 0) is 20.1 Å². The minimum absolute atomic E-state index is 0. The molecule has 0 aliphatic heterocycles. The predicted octanol–water partition coefficient (Wildman–Crippen LogP) is 18.3. The number of nitrogens with zero attached hydrogens (tertiary/aromatic N) is 5. The van der Waals surface area contributed by atoms with Gasteiger partial charge in [0.1, 0.15) is 5.58 Å². The summed E-state index contributed by atoms with van der Waals surface area (Å²) in [6, 6.07) is 70.4. The summed E-state index contributed by atoms with van der Waals surface area (Å²) in [7, 11) is -1.30. The SMILES string of the molecule is CC(C)c1cc(-c2ccccc2)cc(C(C)C)c1-n1c(-c2[c-]ccc3c2oc2cc(-c4cccc(C#N)c4)ccc23)nc2ccccc21.C[Si](C)(C)c1ccc(-c2[c-]cc(F)cc2)nc1.[CH3][Ge]([CH3])([CH3])[c]1ccc(-c2[c-]cc(F)cc2)nc1.[Ir+3]. The summed E-state index contributed by atoms with van der Waals surface area (Å²) in [6.07, 6.45) is 3.88. The van der Waals surface area contributed by atoms with Crippen LogP contribution in [0.1, 0.15) is 56.2 Å². The van der Waals surface area contributed by atoms with Crippen LogP contribution in [0, 0.1) is 41.2 Å². The summed E-state index contributed by atoms with van der Waals surface area (Å²) >= 11 is -1.79. The first kappa shape index (κ1) is 59.7. The quantitative estimate of drug-likeness (QED) is 0.101. The van der Waals surface area contributed by atoms with Gasteiger partial charge in [-0.2, -0.15) is 5.26 Å². The van der Waals surface area contributed by atoms with E-state index < -0.39 is 21.3 Å². The molecular formula is C72H64F2GeIrN5OSi. The number of hydrogen-bond donors (Lipinski definition) is 0. The van der Waals surface area contributed by atoms with Crippen molar-refractivity contribution in [3.63, 3.8) is 0 Å². The Morgan fingerprint density at radius 1 is 0.602 bits per heavy atom. The van der Waals surface area contributed by atoms with Crippen molar-refractivity contribution in [2.24, 2.45) is 0 Å². The Balaban J connectivity index is 0.000000193. The molecule has 0 spiro atoms. The van der Waals surface area contributed by atoms with Gasteiger partial charge in [0.05, 0.1) is 42.1 Å². The molecule has 4 heterocycles. The number of furan rings is 1. The summed E-state index contributed by atoms with van der Waals surface area (Å²) in [4.78, 5) is 14.2. The van der Waals surface area contributed by atoms with Crippen LogP contribution in [-0.4, -0.2) is 40.9 Å². The van der Waals surface area contributed by atoms with Crippen molar-refractivity contribution in [1.29, 1.82) is 5.26 Å². The van der Waals surface area contributed by atoms with Gasteiger partial charge < -0.3 is 14.0 Å². The molecular weight excluding hydrogens is 1280 g/mol. The fourth-order valence-electron chi connectivity index (χ4n) is 10.0. The van der Waals surface area contributed by atoms with E-state index in [4.69, 9.17) is 9.40 Å². The Labute approximate surface area is 503 Å². The van der Waals surface area contributed by atoms with Crippen LogP contribution in [0.2, 0.25) is 36.9 Å². The average molecular weight is 1350 g/mol.